The molecule has 0 aliphatic carbocycles. The SMILES string of the molecule is CC(C)(C)C1=N/C(=C\c2ccc(F)cc2F)C(=O)O1. The van der Waals surface area contributed by atoms with Gasteiger partial charge in [0.1, 0.15) is 11.6 Å². The number of halogens is 2. The summed E-state index contributed by atoms with van der Waals surface area (Å²) in [5.41, 5.74) is -0.310. The number of cyclic esters (lactones) is 1. The monoisotopic (exact) mass is 265 g/mol. The van der Waals surface area contributed by atoms with E-state index in [0.29, 0.717) is 0 Å². The largest absolute Gasteiger partial charge is 0.406 e. The van der Waals surface area contributed by atoms with Crippen molar-refractivity contribution < 1.29 is 18.3 Å². The van der Waals surface area contributed by atoms with Gasteiger partial charge in [0, 0.05) is 17.0 Å². The highest BCUT2D eigenvalue weighted by atomic mass is 19.1. The van der Waals surface area contributed by atoms with Crippen molar-refractivity contribution in [3.8, 4) is 0 Å². The lowest BCUT2D eigenvalue weighted by Gasteiger charge is -2.15. The summed E-state index contributed by atoms with van der Waals surface area (Å²) >= 11 is 0. The van der Waals surface area contributed by atoms with Crippen LogP contribution >= 0.6 is 0 Å². The van der Waals surface area contributed by atoms with E-state index in [1.54, 1.807) is 0 Å². The van der Waals surface area contributed by atoms with Gasteiger partial charge in [-0.25, -0.2) is 18.6 Å². The molecule has 1 aliphatic rings. The molecule has 100 valence electrons. The zero-order valence-corrected chi connectivity index (χ0v) is 10.8. The van der Waals surface area contributed by atoms with E-state index in [1.165, 1.54) is 12.1 Å². The lowest BCUT2D eigenvalue weighted by molar-refractivity contribution is -0.130. The Balaban J connectivity index is 2.39. The molecule has 0 fully saturated rings. The van der Waals surface area contributed by atoms with E-state index in [2.05, 4.69) is 4.99 Å². The Morgan fingerprint density at radius 2 is 1.95 bits per heavy atom. The number of hydrogen-bond donors (Lipinski definition) is 0. The predicted molar refractivity (Wildman–Crippen MR) is 67.3 cm³/mol. The molecular formula is C14H13F2NO2. The van der Waals surface area contributed by atoms with Gasteiger partial charge in [0.25, 0.3) is 0 Å². The van der Waals surface area contributed by atoms with Gasteiger partial charge >= 0.3 is 5.97 Å². The van der Waals surface area contributed by atoms with E-state index in [1.807, 2.05) is 20.8 Å². The van der Waals surface area contributed by atoms with Crippen molar-refractivity contribution in [2.24, 2.45) is 10.4 Å². The van der Waals surface area contributed by atoms with E-state index >= 15 is 0 Å². The summed E-state index contributed by atoms with van der Waals surface area (Å²) in [6.45, 7) is 5.54. The van der Waals surface area contributed by atoms with Gasteiger partial charge in [0.2, 0.25) is 5.90 Å². The number of hydrogen-bond acceptors (Lipinski definition) is 3. The van der Waals surface area contributed by atoms with Crippen LogP contribution in [0.2, 0.25) is 0 Å². The summed E-state index contributed by atoms with van der Waals surface area (Å²) in [5.74, 6) is -1.77. The molecule has 0 atom stereocenters. The molecule has 0 unspecified atom stereocenters. The van der Waals surface area contributed by atoms with Crippen LogP contribution in [-0.4, -0.2) is 11.9 Å². The molecule has 0 spiro atoms. The first-order valence-corrected chi connectivity index (χ1v) is 5.75. The van der Waals surface area contributed by atoms with Crippen molar-refractivity contribution in [3.05, 3.63) is 41.1 Å². The minimum atomic E-state index is -0.750. The quantitative estimate of drug-likeness (QED) is 0.577. The summed E-state index contributed by atoms with van der Waals surface area (Å²) in [6, 6.07) is 3.11. The van der Waals surface area contributed by atoms with Crippen molar-refractivity contribution >= 4 is 17.9 Å². The molecule has 0 amide bonds. The van der Waals surface area contributed by atoms with Crippen molar-refractivity contribution in [1.82, 2.24) is 0 Å². The minimum Gasteiger partial charge on any atom is -0.406 e. The normalized spacial score (nSPS) is 17.6. The van der Waals surface area contributed by atoms with Crippen molar-refractivity contribution in [2.45, 2.75) is 20.8 Å². The maximum Gasteiger partial charge on any atom is 0.363 e. The molecule has 3 nitrogen and oxygen atoms in total. The summed E-state index contributed by atoms with van der Waals surface area (Å²) in [5, 5.41) is 0. The van der Waals surface area contributed by atoms with Crippen molar-refractivity contribution in [2.75, 3.05) is 0 Å². The number of carbonyl (C=O) groups is 1. The number of benzene rings is 1. The topological polar surface area (TPSA) is 38.7 Å². The van der Waals surface area contributed by atoms with E-state index in [-0.39, 0.29) is 17.2 Å². The van der Waals surface area contributed by atoms with Crippen LogP contribution in [0.15, 0.2) is 28.9 Å². The smallest absolute Gasteiger partial charge is 0.363 e. The van der Waals surface area contributed by atoms with Crippen LogP contribution in [0, 0.1) is 17.0 Å². The lowest BCUT2D eigenvalue weighted by atomic mass is 9.97. The summed E-state index contributed by atoms with van der Waals surface area (Å²) in [7, 11) is 0. The standard InChI is InChI=1S/C14H13F2NO2/c1-14(2,3)13-17-11(12(18)19-13)6-8-4-5-9(15)7-10(8)16/h4-7H,1-3H3/b11-6-. The molecule has 0 aromatic heterocycles. The summed E-state index contributed by atoms with van der Waals surface area (Å²) in [4.78, 5) is 15.7. The molecule has 0 saturated carbocycles. The fourth-order valence-electron chi connectivity index (χ4n) is 1.50. The van der Waals surface area contributed by atoms with Gasteiger partial charge < -0.3 is 4.74 Å². The molecule has 0 bridgehead atoms. The van der Waals surface area contributed by atoms with Crippen LogP contribution in [-0.2, 0) is 9.53 Å². The Morgan fingerprint density at radius 1 is 1.26 bits per heavy atom. The average molecular weight is 265 g/mol. The van der Waals surface area contributed by atoms with Gasteiger partial charge in [-0.2, -0.15) is 0 Å². The number of aliphatic imine (C=N–C) groups is 1. The highest BCUT2D eigenvalue weighted by Crippen LogP contribution is 2.26. The van der Waals surface area contributed by atoms with Crippen molar-refractivity contribution in [1.29, 1.82) is 0 Å². The molecule has 0 N–H and O–H groups in total. The number of carbonyl (C=O) groups excluding carboxylic acids is 1. The third-order valence-corrected chi connectivity index (χ3v) is 2.52. The molecule has 0 saturated heterocycles. The molecule has 1 aromatic rings. The van der Waals surface area contributed by atoms with Crippen LogP contribution in [0.4, 0.5) is 8.78 Å². The van der Waals surface area contributed by atoms with E-state index < -0.39 is 23.0 Å². The molecule has 2 rings (SSSR count). The Kier molecular flexibility index (Phi) is 3.22. The summed E-state index contributed by atoms with van der Waals surface area (Å²) < 4.78 is 31.3. The Labute approximate surface area is 109 Å². The second-order valence-electron chi connectivity index (χ2n) is 5.25. The Morgan fingerprint density at radius 3 is 2.47 bits per heavy atom. The van der Waals surface area contributed by atoms with Gasteiger partial charge in [-0.3, -0.25) is 0 Å². The molecule has 1 heterocycles. The fraction of sp³-hybridized carbons (Fsp3) is 0.286. The molecule has 1 aromatic carbocycles. The average Bonchev–Trinajstić information content (AvgIpc) is 2.64. The molecule has 1 aliphatic heterocycles. The van der Waals surface area contributed by atoms with Crippen LogP contribution in [0.1, 0.15) is 26.3 Å². The van der Waals surface area contributed by atoms with Gasteiger partial charge in [-0.15, -0.1) is 0 Å². The third-order valence-electron chi connectivity index (χ3n) is 2.52. The molecular weight excluding hydrogens is 252 g/mol. The first-order valence-electron chi connectivity index (χ1n) is 5.75. The predicted octanol–water partition coefficient (Wildman–Crippen LogP) is 3.31. The molecule has 5 heteroatoms. The van der Waals surface area contributed by atoms with Gasteiger partial charge in [0.05, 0.1) is 0 Å². The van der Waals surface area contributed by atoms with Crippen LogP contribution in [0.25, 0.3) is 6.08 Å². The number of rotatable bonds is 1. The number of ether oxygens (including phenoxy) is 1. The molecule has 0 radical (unpaired) electrons. The van der Waals surface area contributed by atoms with Crippen LogP contribution in [0.3, 0.4) is 0 Å². The highest BCUT2D eigenvalue weighted by Gasteiger charge is 2.31. The number of esters is 1. The second kappa shape index (κ2) is 4.57. The van der Waals surface area contributed by atoms with Gasteiger partial charge in [0.15, 0.2) is 5.70 Å². The van der Waals surface area contributed by atoms with E-state index in [4.69, 9.17) is 4.74 Å². The van der Waals surface area contributed by atoms with Crippen LogP contribution in [0.5, 0.6) is 0 Å². The van der Waals surface area contributed by atoms with Gasteiger partial charge in [-0.1, -0.05) is 20.8 Å². The van der Waals surface area contributed by atoms with Gasteiger partial charge in [-0.05, 0) is 18.2 Å². The van der Waals surface area contributed by atoms with E-state index in [0.717, 1.165) is 12.1 Å². The first kappa shape index (κ1) is 13.4. The Hall–Kier alpha value is -2.04. The minimum absolute atomic E-state index is 0.00966. The highest BCUT2D eigenvalue weighted by molar-refractivity contribution is 6.08. The van der Waals surface area contributed by atoms with Crippen molar-refractivity contribution in [3.63, 3.8) is 0 Å². The zero-order valence-electron chi connectivity index (χ0n) is 10.8. The van der Waals surface area contributed by atoms with Crippen LogP contribution < -0.4 is 0 Å². The van der Waals surface area contributed by atoms with E-state index in [9.17, 15) is 13.6 Å². The number of nitrogens with zero attached hydrogens (tertiary/aromatic N) is 1. The maximum atomic E-state index is 13.5. The second-order valence-corrected chi connectivity index (χ2v) is 5.25. The maximum absolute atomic E-state index is 13.5. The lowest BCUT2D eigenvalue weighted by Crippen LogP contribution is -2.21. The Bertz CT molecular complexity index is 598. The zero-order chi connectivity index (χ0) is 14.2. The third kappa shape index (κ3) is 2.86. The summed E-state index contributed by atoms with van der Waals surface area (Å²) in [6.07, 6.45) is 1.25. The molecule has 19 heavy (non-hydrogen) atoms. The first-order chi connectivity index (χ1) is 8.77. The fourth-order valence-corrected chi connectivity index (χ4v) is 1.50.